The molecule has 0 bridgehead atoms. The van der Waals surface area contributed by atoms with Gasteiger partial charge < -0.3 is 11.1 Å². The number of nitro groups is 1. The minimum atomic E-state index is -0.623. The van der Waals surface area contributed by atoms with E-state index in [2.05, 4.69) is 24.1 Å². The van der Waals surface area contributed by atoms with Crippen LogP contribution in [0, 0.1) is 22.0 Å². The van der Waals surface area contributed by atoms with Crippen molar-refractivity contribution in [3.8, 4) is 0 Å². The monoisotopic (exact) mass is 278 g/mol. The van der Waals surface area contributed by atoms with Gasteiger partial charge in [-0.2, -0.15) is 0 Å². The average Bonchev–Trinajstić information content (AvgIpc) is 2.70. The number of nitrogen functional groups attached to an aromatic ring is 1. The zero-order valence-corrected chi connectivity index (χ0v) is 11.5. The Morgan fingerprint density at radius 2 is 2.20 bits per heavy atom. The van der Waals surface area contributed by atoms with Gasteiger partial charge in [0.15, 0.2) is 0 Å². The SMILES string of the molecule is CC1CCC(NC(=O)c2cc(N)ncc2[N+](=O)[O-])C1C. The molecule has 7 heteroatoms. The fourth-order valence-corrected chi connectivity index (χ4v) is 2.61. The molecule has 1 amide bonds. The van der Waals surface area contributed by atoms with E-state index in [0.717, 1.165) is 19.0 Å². The number of amides is 1. The van der Waals surface area contributed by atoms with Crippen LogP contribution in [0.3, 0.4) is 0 Å². The number of nitrogens with two attached hydrogens (primary N) is 1. The van der Waals surface area contributed by atoms with Crippen LogP contribution in [0.25, 0.3) is 0 Å². The van der Waals surface area contributed by atoms with E-state index in [-0.39, 0.29) is 23.1 Å². The number of hydrogen-bond acceptors (Lipinski definition) is 5. The molecule has 1 heterocycles. The maximum absolute atomic E-state index is 12.2. The molecular formula is C13H18N4O3. The summed E-state index contributed by atoms with van der Waals surface area (Å²) in [5.41, 5.74) is 5.15. The van der Waals surface area contributed by atoms with Crippen LogP contribution >= 0.6 is 0 Å². The Hall–Kier alpha value is -2.18. The van der Waals surface area contributed by atoms with Gasteiger partial charge in [-0.25, -0.2) is 4.98 Å². The summed E-state index contributed by atoms with van der Waals surface area (Å²) in [6.45, 7) is 4.22. The molecule has 0 spiro atoms. The normalized spacial score (nSPS) is 25.4. The molecule has 1 aliphatic rings. The van der Waals surface area contributed by atoms with Crippen molar-refractivity contribution in [1.29, 1.82) is 0 Å². The molecule has 0 aliphatic heterocycles. The second-order valence-electron chi connectivity index (χ2n) is 5.38. The molecule has 1 fully saturated rings. The fourth-order valence-electron chi connectivity index (χ4n) is 2.61. The summed E-state index contributed by atoms with van der Waals surface area (Å²) < 4.78 is 0. The van der Waals surface area contributed by atoms with Crippen LogP contribution in [0.2, 0.25) is 0 Å². The number of nitrogens with zero attached hydrogens (tertiary/aromatic N) is 2. The molecule has 0 aromatic carbocycles. The van der Waals surface area contributed by atoms with Gasteiger partial charge in [0.1, 0.15) is 17.6 Å². The molecule has 1 aromatic heterocycles. The number of carbonyl (C=O) groups excluding carboxylic acids is 1. The number of nitrogens with one attached hydrogen (secondary N) is 1. The molecular weight excluding hydrogens is 260 g/mol. The Morgan fingerprint density at radius 1 is 1.50 bits per heavy atom. The first-order chi connectivity index (χ1) is 9.40. The molecule has 1 aromatic rings. The first-order valence-corrected chi connectivity index (χ1v) is 6.61. The summed E-state index contributed by atoms with van der Waals surface area (Å²) in [6.07, 6.45) is 2.96. The second kappa shape index (κ2) is 5.44. The van der Waals surface area contributed by atoms with Gasteiger partial charge in [-0.1, -0.05) is 13.8 Å². The van der Waals surface area contributed by atoms with Crippen LogP contribution in [-0.2, 0) is 0 Å². The van der Waals surface area contributed by atoms with E-state index in [1.54, 1.807) is 0 Å². The van der Waals surface area contributed by atoms with Gasteiger partial charge in [-0.05, 0) is 30.7 Å². The van der Waals surface area contributed by atoms with E-state index < -0.39 is 10.8 Å². The Kier molecular flexibility index (Phi) is 3.87. The van der Waals surface area contributed by atoms with E-state index in [0.29, 0.717) is 11.8 Å². The van der Waals surface area contributed by atoms with Crippen LogP contribution in [0.4, 0.5) is 11.5 Å². The van der Waals surface area contributed by atoms with E-state index in [1.807, 2.05) is 0 Å². The first-order valence-electron chi connectivity index (χ1n) is 6.61. The molecule has 20 heavy (non-hydrogen) atoms. The Balaban J connectivity index is 2.21. The number of hydrogen-bond donors (Lipinski definition) is 2. The van der Waals surface area contributed by atoms with Gasteiger partial charge in [0.05, 0.1) is 4.92 Å². The third-order valence-electron chi connectivity index (χ3n) is 4.13. The quantitative estimate of drug-likeness (QED) is 0.646. The van der Waals surface area contributed by atoms with Crippen LogP contribution in [-0.4, -0.2) is 21.9 Å². The lowest BCUT2D eigenvalue weighted by Gasteiger charge is -2.19. The minimum absolute atomic E-state index is 0.0331. The molecule has 3 unspecified atom stereocenters. The third-order valence-corrected chi connectivity index (χ3v) is 4.13. The van der Waals surface area contributed by atoms with Gasteiger partial charge in [-0.15, -0.1) is 0 Å². The van der Waals surface area contributed by atoms with Gasteiger partial charge in [0.25, 0.3) is 11.6 Å². The molecule has 2 rings (SSSR count). The molecule has 1 saturated carbocycles. The molecule has 1 aliphatic carbocycles. The standard InChI is InChI=1S/C13H18N4O3/c1-7-3-4-10(8(7)2)16-13(18)9-5-12(14)15-6-11(9)17(19)20/h5-8,10H,3-4H2,1-2H3,(H2,14,15)(H,16,18). The summed E-state index contributed by atoms with van der Waals surface area (Å²) in [5.74, 6) is 0.528. The highest BCUT2D eigenvalue weighted by Crippen LogP contribution is 2.31. The lowest BCUT2D eigenvalue weighted by Crippen LogP contribution is -2.37. The molecule has 3 N–H and O–H groups in total. The fraction of sp³-hybridized carbons (Fsp3) is 0.538. The Bertz CT molecular complexity index is 546. The Morgan fingerprint density at radius 3 is 2.75 bits per heavy atom. The van der Waals surface area contributed by atoms with Crippen molar-refractivity contribution in [3.05, 3.63) is 27.9 Å². The van der Waals surface area contributed by atoms with Gasteiger partial charge in [0.2, 0.25) is 0 Å². The molecule has 108 valence electrons. The van der Waals surface area contributed by atoms with Crippen molar-refractivity contribution in [2.75, 3.05) is 5.73 Å². The number of anilines is 1. The van der Waals surface area contributed by atoms with Gasteiger partial charge in [0, 0.05) is 6.04 Å². The van der Waals surface area contributed by atoms with Crippen LogP contribution < -0.4 is 11.1 Å². The molecule has 0 radical (unpaired) electrons. The van der Waals surface area contributed by atoms with Crippen molar-refractivity contribution in [1.82, 2.24) is 10.3 Å². The van der Waals surface area contributed by atoms with Crippen molar-refractivity contribution in [3.63, 3.8) is 0 Å². The number of carbonyl (C=O) groups is 1. The predicted molar refractivity (Wildman–Crippen MR) is 74.1 cm³/mol. The summed E-state index contributed by atoms with van der Waals surface area (Å²) >= 11 is 0. The van der Waals surface area contributed by atoms with E-state index in [4.69, 9.17) is 5.73 Å². The smallest absolute Gasteiger partial charge is 0.300 e. The van der Waals surface area contributed by atoms with Crippen molar-refractivity contribution >= 4 is 17.4 Å². The first kappa shape index (κ1) is 14.2. The van der Waals surface area contributed by atoms with E-state index in [9.17, 15) is 14.9 Å². The molecule has 7 nitrogen and oxygen atoms in total. The number of aromatic nitrogens is 1. The topological polar surface area (TPSA) is 111 Å². The van der Waals surface area contributed by atoms with Crippen molar-refractivity contribution in [2.45, 2.75) is 32.7 Å². The molecule has 3 atom stereocenters. The lowest BCUT2D eigenvalue weighted by molar-refractivity contribution is -0.385. The third kappa shape index (κ3) is 2.71. The zero-order valence-electron chi connectivity index (χ0n) is 11.5. The van der Waals surface area contributed by atoms with Crippen LogP contribution in [0.15, 0.2) is 12.3 Å². The maximum atomic E-state index is 12.2. The van der Waals surface area contributed by atoms with Crippen LogP contribution in [0.5, 0.6) is 0 Å². The van der Waals surface area contributed by atoms with Crippen LogP contribution in [0.1, 0.15) is 37.0 Å². The summed E-state index contributed by atoms with van der Waals surface area (Å²) in [5, 5.41) is 13.8. The molecule has 0 saturated heterocycles. The highest BCUT2D eigenvalue weighted by Gasteiger charge is 2.32. The number of rotatable bonds is 3. The van der Waals surface area contributed by atoms with Crippen molar-refractivity contribution < 1.29 is 9.72 Å². The van der Waals surface area contributed by atoms with Gasteiger partial charge >= 0.3 is 0 Å². The van der Waals surface area contributed by atoms with E-state index >= 15 is 0 Å². The maximum Gasteiger partial charge on any atom is 0.300 e. The average molecular weight is 278 g/mol. The Labute approximate surface area is 116 Å². The summed E-state index contributed by atoms with van der Waals surface area (Å²) in [4.78, 5) is 26.2. The predicted octanol–water partition coefficient (Wildman–Crippen LogP) is 1.74. The summed E-state index contributed by atoms with van der Waals surface area (Å²) in [7, 11) is 0. The highest BCUT2D eigenvalue weighted by molar-refractivity contribution is 5.98. The lowest BCUT2D eigenvalue weighted by atomic mass is 9.97. The second-order valence-corrected chi connectivity index (χ2v) is 5.38. The minimum Gasteiger partial charge on any atom is -0.384 e. The van der Waals surface area contributed by atoms with Gasteiger partial charge in [-0.3, -0.25) is 14.9 Å². The summed E-state index contributed by atoms with van der Waals surface area (Å²) in [6, 6.07) is 1.29. The van der Waals surface area contributed by atoms with E-state index in [1.165, 1.54) is 6.07 Å². The largest absolute Gasteiger partial charge is 0.384 e. The zero-order chi connectivity index (χ0) is 14.9. The number of pyridine rings is 1. The highest BCUT2D eigenvalue weighted by atomic mass is 16.6. The van der Waals surface area contributed by atoms with Crippen molar-refractivity contribution in [2.24, 2.45) is 11.8 Å².